The molecule has 8 rings (SSSR count). The molecule has 2 aliphatic heterocycles. The van der Waals surface area contributed by atoms with Crippen LogP contribution in [0.1, 0.15) is 88.2 Å². The zero-order chi connectivity index (χ0) is 48.3. The fourth-order valence-electron chi connectivity index (χ4n) is 10.6. The standard InChI is InChI=1S/C53H62N4O12/c1-3-29-65-53-47(56(34-37-17-13-16-35-14-5-6-18-41(35)37)52(61)67-39-23-21-38(22-24-39)57(62)63)33-45(55-69-48-20-9-12-30-64-48)43-31-36(15-7-10-27-58)42(19-8-11-28-59)49(50(43)53)44-32-40(25-26-46(44)68-53)66-51(60)54-4-2/h3,5-6,13-14,16-18,21-26,31-32,36,42,47-50,58-59H,1,4,7-12,15,19-20,27-30,33-34H2,2H3,(H,54,60). The Labute approximate surface area is 402 Å². The monoisotopic (exact) mass is 946 g/mol. The van der Waals surface area contributed by atoms with E-state index in [2.05, 4.69) is 18.0 Å². The molecule has 4 aromatic rings. The van der Waals surface area contributed by atoms with Crippen LogP contribution in [0.5, 0.6) is 17.2 Å². The highest BCUT2D eigenvalue weighted by Crippen LogP contribution is 2.62. The van der Waals surface area contributed by atoms with E-state index in [1.807, 2.05) is 55.5 Å². The highest BCUT2D eigenvalue weighted by atomic mass is 16.8. The number of rotatable bonds is 20. The average molecular weight is 947 g/mol. The Bertz CT molecular complexity index is 2500. The number of benzene rings is 4. The minimum absolute atomic E-state index is 0.0204. The third-order valence-electron chi connectivity index (χ3n) is 13.7. The quantitative estimate of drug-likeness (QED) is 0.0328. The molecule has 2 fully saturated rings. The Morgan fingerprint density at radius 2 is 1.74 bits per heavy atom. The van der Waals surface area contributed by atoms with Crippen LogP contribution in [0.25, 0.3) is 10.8 Å². The van der Waals surface area contributed by atoms with E-state index in [1.54, 1.807) is 23.1 Å². The minimum atomic E-state index is -1.65. The van der Waals surface area contributed by atoms with Crippen molar-refractivity contribution in [1.29, 1.82) is 0 Å². The average Bonchev–Trinajstić information content (AvgIpc) is 3.36. The number of nitrogens with one attached hydrogen (secondary N) is 1. The number of non-ortho nitro benzene ring substituents is 1. The largest absolute Gasteiger partial charge is 0.459 e. The summed E-state index contributed by atoms with van der Waals surface area (Å²) in [5, 5.41) is 41.2. The van der Waals surface area contributed by atoms with Gasteiger partial charge < -0.3 is 44.1 Å². The molecule has 4 aliphatic rings. The summed E-state index contributed by atoms with van der Waals surface area (Å²) in [5.74, 6) is -1.99. The fourth-order valence-corrected chi connectivity index (χ4v) is 10.6. The van der Waals surface area contributed by atoms with Gasteiger partial charge in [-0.05, 0) is 110 Å². The first kappa shape index (κ1) is 49.1. The summed E-state index contributed by atoms with van der Waals surface area (Å²) in [6.07, 6.45) is 8.55. The summed E-state index contributed by atoms with van der Waals surface area (Å²) >= 11 is 0. The second-order valence-corrected chi connectivity index (χ2v) is 18.0. The molecule has 0 aromatic heterocycles. The number of carbonyl (C=O) groups is 2. The number of amides is 2. The second kappa shape index (κ2) is 22.9. The number of nitro groups is 1. The molecular formula is C53H62N4O12. The molecular weight excluding hydrogens is 885 g/mol. The zero-order valence-electron chi connectivity index (χ0n) is 39.0. The lowest BCUT2D eigenvalue weighted by Gasteiger charge is -2.59. The Morgan fingerprint density at radius 3 is 2.48 bits per heavy atom. The smallest absolute Gasteiger partial charge is 0.416 e. The van der Waals surface area contributed by atoms with Crippen LogP contribution in [-0.2, 0) is 20.9 Å². The SMILES string of the molecule is C=CCOC12Oc3ccc(OC(=O)NCC)cc3C3C(CCCCO)C(CCCCO)C=C(C(=NOC4CCCCO4)CC1N(Cc1cccc4ccccc14)C(=O)Oc1ccc([N+](=O)[O-])cc1)C32. The van der Waals surface area contributed by atoms with E-state index in [0.29, 0.717) is 62.5 Å². The van der Waals surface area contributed by atoms with E-state index >= 15 is 4.79 Å². The molecule has 7 atom stereocenters. The first-order chi connectivity index (χ1) is 33.7. The molecule has 0 spiro atoms. The molecule has 2 aliphatic carbocycles. The molecule has 2 amide bonds. The number of carbonyl (C=O) groups excluding carboxylic acids is 2. The number of aliphatic hydroxyl groups is 2. The lowest BCUT2D eigenvalue weighted by atomic mass is 9.55. The van der Waals surface area contributed by atoms with Crippen LogP contribution in [0.15, 0.2) is 114 Å². The number of hydrogen-bond donors (Lipinski definition) is 3. The molecule has 3 N–H and O–H groups in total. The number of allylic oxidation sites excluding steroid dienone is 1. The van der Waals surface area contributed by atoms with Crippen LogP contribution in [0, 0.1) is 27.9 Å². The van der Waals surface area contributed by atoms with Gasteiger partial charge in [0.15, 0.2) is 0 Å². The van der Waals surface area contributed by atoms with Gasteiger partial charge in [0.2, 0.25) is 12.1 Å². The number of aliphatic hydroxyl groups excluding tert-OH is 2. The number of unbranched alkanes of at least 4 members (excludes halogenated alkanes) is 2. The molecule has 2 heterocycles. The number of oxime groups is 1. The van der Waals surface area contributed by atoms with Crippen LogP contribution in [0.2, 0.25) is 0 Å². The Kier molecular flexibility index (Phi) is 16.3. The van der Waals surface area contributed by atoms with Crippen molar-refractivity contribution in [2.45, 2.75) is 102 Å². The van der Waals surface area contributed by atoms with Crippen LogP contribution >= 0.6 is 0 Å². The van der Waals surface area contributed by atoms with Crippen LogP contribution in [0.3, 0.4) is 0 Å². The lowest BCUT2D eigenvalue weighted by Crippen LogP contribution is -2.70. The molecule has 7 unspecified atom stereocenters. The Hall–Kier alpha value is -6.33. The number of nitrogens with zero attached hydrogens (tertiary/aromatic N) is 3. The predicted octanol–water partition coefficient (Wildman–Crippen LogP) is 9.72. The highest BCUT2D eigenvalue weighted by Gasteiger charge is 2.66. The maximum atomic E-state index is 15.3. The summed E-state index contributed by atoms with van der Waals surface area (Å²) < 4.78 is 32.6. The normalized spacial score (nSPS) is 24.2. The highest BCUT2D eigenvalue weighted by molar-refractivity contribution is 6.03. The number of ether oxygens (including phenoxy) is 5. The van der Waals surface area contributed by atoms with E-state index in [9.17, 15) is 25.1 Å². The third-order valence-corrected chi connectivity index (χ3v) is 13.7. The zero-order valence-corrected chi connectivity index (χ0v) is 39.0. The van der Waals surface area contributed by atoms with E-state index in [-0.39, 0.29) is 56.1 Å². The summed E-state index contributed by atoms with van der Waals surface area (Å²) in [6, 6.07) is 23.5. The van der Waals surface area contributed by atoms with E-state index < -0.39 is 47.1 Å². The first-order valence-corrected chi connectivity index (χ1v) is 24.2. The predicted molar refractivity (Wildman–Crippen MR) is 258 cm³/mol. The van der Waals surface area contributed by atoms with Crippen LogP contribution in [-0.4, -0.2) is 89.0 Å². The van der Waals surface area contributed by atoms with Gasteiger partial charge >= 0.3 is 12.2 Å². The van der Waals surface area contributed by atoms with E-state index in [4.69, 9.17) is 33.7 Å². The summed E-state index contributed by atoms with van der Waals surface area (Å²) in [6.45, 7) is 6.87. The fraction of sp³-hybridized carbons (Fsp3) is 0.453. The maximum absolute atomic E-state index is 15.3. The molecule has 16 nitrogen and oxygen atoms in total. The molecule has 366 valence electrons. The third kappa shape index (κ3) is 10.9. The summed E-state index contributed by atoms with van der Waals surface area (Å²) in [7, 11) is 0. The number of nitro benzene ring substituents is 1. The van der Waals surface area contributed by atoms with Crippen LogP contribution in [0.4, 0.5) is 15.3 Å². The van der Waals surface area contributed by atoms with Gasteiger partial charge in [-0.3, -0.25) is 15.0 Å². The van der Waals surface area contributed by atoms with E-state index in [0.717, 1.165) is 53.2 Å². The Morgan fingerprint density at radius 1 is 0.971 bits per heavy atom. The summed E-state index contributed by atoms with van der Waals surface area (Å²) in [4.78, 5) is 47.3. The topological polar surface area (TPSA) is 201 Å². The van der Waals surface area contributed by atoms with Crippen molar-refractivity contribution < 1.29 is 53.2 Å². The molecule has 69 heavy (non-hydrogen) atoms. The van der Waals surface area contributed by atoms with Crippen molar-refractivity contribution >= 4 is 34.4 Å². The molecule has 0 bridgehead atoms. The Balaban J connectivity index is 1.36. The second-order valence-electron chi connectivity index (χ2n) is 18.0. The van der Waals surface area contributed by atoms with Crippen LogP contribution < -0.4 is 19.5 Å². The molecule has 4 aromatic carbocycles. The van der Waals surface area contributed by atoms with E-state index in [1.165, 1.54) is 24.3 Å². The number of hydrogen-bond acceptors (Lipinski definition) is 13. The minimum Gasteiger partial charge on any atom is -0.459 e. The lowest BCUT2D eigenvalue weighted by molar-refractivity contribution is -0.384. The van der Waals surface area contributed by atoms with Crippen molar-refractivity contribution in [2.24, 2.45) is 22.9 Å². The van der Waals surface area contributed by atoms with Crippen molar-refractivity contribution in [3.8, 4) is 17.2 Å². The van der Waals surface area contributed by atoms with Gasteiger partial charge in [0.1, 0.15) is 23.3 Å². The van der Waals surface area contributed by atoms with Gasteiger partial charge in [0.25, 0.3) is 5.69 Å². The van der Waals surface area contributed by atoms with Crippen molar-refractivity contribution in [3.63, 3.8) is 0 Å². The van der Waals surface area contributed by atoms with Crippen molar-refractivity contribution in [2.75, 3.05) is 33.0 Å². The number of fused-ring (bicyclic) bond motifs is 3. The first-order valence-electron chi connectivity index (χ1n) is 24.2. The summed E-state index contributed by atoms with van der Waals surface area (Å²) in [5.41, 5.74) is 2.81. The van der Waals surface area contributed by atoms with Gasteiger partial charge in [0.05, 0.1) is 36.3 Å². The van der Waals surface area contributed by atoms with Gasteiger partial charge in [-0.1, -0.05) is 72.6 Å². The molecule has 0 radical (unpaired) electrons. The molecule has 1 saturated carbocycles. The van der Waals surface area contributed by atoms with Gasteiger partial charge in [-0.15, -0.1) is 6.58 Å². The van der Waals surface area contributed by atoms with Crippen molar-refractivity contribution in [3.05, 3.63) is 130 Å². The van der Waals surface area contributed by atoms with Crippen molar-refractivity contribution in [1.82, 2.24) is 10.2 Å². The van der Waals surface area contributed by atoms with Gasteiger partial charge in [-0.2, -0.15) is 0 Å². The van der Waals surface area contributed by atoms with Gasteiger partial charge in [0, 0.05) is 56.2 Å². The maximum Gasteiger partial charge on any atom is 0.416 e. The van der Waals surface area contributed by atoms with Gasteiger partial charge in [-0.25, -0.2) is 9.59 Å². The molecule has 16 heteroatoms. The molecule has 1 saturated heterocycles.